The lowest BCUT2D eigenvalue weighted by Crippen LogP contribution is -2.45. The Kier molecular flexibility index (Phi) is 4.60. The van der Waals surface area contributed by atoms with E-state index in [1.54, 1.807) is 0 Å². The molecule has 1 saturated heterocycles. The number of fused-ring (bicyclic) bond motifs is 1. The molecule has 6 heteroatoms. The van der Waals surface area contributed by atoms with E-state index in [1.807, 2.05) is 5.38 Å². The maximum Gasteiger partial charge on any atom is 0.256 e. The first-order valence-corrected chi connectivity index (χ1v) is 9.38. The fourth-order valence-corrected chi connectivity index (χ4v) is 4.00. The summed E-state index contributed by atoms with van der Waals surface area (Å²) in [5, 5.41) is 8.65. The van der Waals surface area contributed by atoms with Crippen LogP contribution >= 0.6 is 11.3 Å². The average Bonchev–Trinajstić information content (AvgIpc) is 3.10. The zero-order chi connectivity index (χ0) is 16.4. The van der Waals surface area contributed by atoms with Crippen molar-refractivity contribution in [2.45, 2.75) is 31.8 Å². The van der Waals surface area contributed by atoms with Gasteiger partial charge in [0.15, 0.2) is 5.13 Å². The first-order chi connectivity index (χ1) is 11.8. The molecule has 0 radical (unpaired) electrons. The zero-order valence-electron chi connectivity index (χ0n) is 13.5. The van der Waals surface area contributed by atoms with Crippen LogP contribution in [0.1, 0.15) is 24.0 Å². The van der Waals surface area contributed by atoms with Gasteiger partial charge in [0.05, 0.1) is 12.3 Å². The average molecular weight is 343 g/mol. The van der Waals surface area contributed by atoms with E-state index in [9.17, 15) is 4.79 Å². The Hall–Kier alpha value is -1.76. The van der Waals surface area contributed by atoms with Crippen molar-refractivity contribution >= 4 is 22.4 Å². The van der Waals surface area contributed by atoms with Crippen molar-refractivity contribution in [3.05, 3.63) is 34.7 Å². The predicted molar refractivity (Wildman–Crippen MR) is 95.4 cm³/mol. The quantitative estimate of drug-likeness (QED) is 0.899. The Morgan fingerprint density at radius 3 is 3.00 bits per heavy atom. The number of nitrogens with one attached hydrogen (secondary N) is 2. The first-order valence-electron chi connectivity index (χ1n) is 8.50. The van der Waals surface area contributed by atoms with Gasteiger partial charge in [-0.05, 0) is 42.9 Å². The smallest absolute Gasteiger partial charge is 0.256 e. The monoisotopic (exact) mass is 343 g/mol. The van der Waals surface area contributed by atoms with Gasteiger partial charge >= 0.3 is 0 Å². The van der Waals surface area contributed by atoms with Crippen LogP contribution in [-0.2, 0) is 22.4 Å². The van der Waals surface area contributed by atoms with Gasteiger partial charge < -0.3 is 10.1 Å². The number of nitrogens with zero attached hydrogens (tertiary/aromatic N) is 1. The largest absolute Gasteiger partial charge is 0.366 e. The van der Waals surface area contributed by atoms with Gasteiger partial charge in [0.2, 0.25) is 0 Å². The van der Waals surface area contributed by atoms with Crippen LogP contribution in [-0.4, -0.2) is 36.7 Å². The summed E-state index contributed by atoms with van der Waals surface area (Å²) in [5.41, 5.74) is 4.96. The van der Waals surface area contributed by atoms with Crippen molar-refractivity contribution in [1.29, 1.82) is 0 Å². The van der Waals surface area contributed by atoms with Crippen molar-refractivity contribution in [1.82, 2.24) is 10.3 Å². The van der Waals surface area contributed by atoms with Gasteiger partial charge in [-0.25, -0.2) is 4.98 Å². The molecule has 2 N–H and O–H groups in total. The summed E-state index contributed by atoms with van der Waals surface area (Å²) < 4.78 is 5.47. The number of carbonyl (C=O) groups is 1. The Morgan fingerprint density at radius 1 is 1.29 bits per heavy atom. The van der Waals surface area contributed by atoms with Crippen LogP contribution < -0.4 is 10.6 Å². The summed E-state index contributed by atoms with van der Waals surface area (Å²) in [4.78, 5) is 16.8. The van der Waals surface area contributed by atoms with Gasteiger partial charge in [0.25, 0.3) is 5.91 Å². The van der Waals surface area contributed by atoms with E-state index in [0.717, 1.165) is 24.2 Å². The number of benzene rings is 1. The molecule has 2 aromatic rings. The van der Waals surface area contributed by atoms with Crippen molar-refractivity contribution in [3.63, 3.8) is 0 Å². The minimum absolute atomic E-state index is 0.131. The summed E-state index contributed by atoms with van der Waals surface area (Å²) in [6.07, 6.45) is 4.46. The van der Waals surface area contributed by atoms with Crippen LogP contribution in [0.5, 0.6) is 0 Å². The van der Waals surface area contributed by atoms with E-state index in [1.165, 1.54) is 41.7 Å². The Morgan fingerprint density at radius 2 is 2.17 bits per heavy atom. The summed E-state index contributed by atoms with van der Waals surface area (Å²) in [7, 11) is 0. The second kappa shape index (κ2) is 7.01. The van der Waals surface area contributed by atoms with Gasteiger partial charge in [-0.2, -0.15) is 0 Å². The lowest BCUT2D eigenvalue weighted by molar-refractivity contribution is -0.128. The highest BCUT2D eigenvalue weighted by atomic mass is 32.1. The molecule has 1 aliphatic heterocycles. The van der Waals surface area contributed by atoms with E-state index in [0.29, 0.717) is 18.3 Å². The number of aryl methyl sites for hydroxylation is 2. The lowest BCUT2D eigenvalue weighted by Gasteiger charge is -2.22. The van der Waals surface area contributed by atoms with Crippen LogP contribution in [0.4, 0.5) is 5.13 Å². The third-order valence-electron chi connectivity index (χ3n) is 4.60. The number of hydrogen-bond acceptors (Lipinski definition) is 5. The topological polar surface area (TPSA) is 63.2 Å². The number of carbonyl (C=O) groups excluding carboxylic acids is 1. The highest BCUT2D eigenvalue weighted by molar-refractivity contribution is 7.14. The number of aromatic nitrogens is 1. The molecule has 1 aliphatic carbocycles. The van der Waals surface area contributed by atoms with Crippen molar-refractivity contribution in [2.24, 2.45) is 0 Å². The maximum absolute atomic E-state index is 12.2. The molecule has 5 nitrogen and oxygen atoms in total. The molecule has 1 unspecified atom stereocenters. The molecule has 2 aliphatic rings. The molecule has 0 spiro atoms. The van der Waals surface area contributed by atoms with Crippen LogP contribution in [0.25, 0.3) is 11.3 Å². The predicted octanol–water partition coefficient (Wildman–Crippen LogP) is 2.62. The number of ether oxygens (including phenoxy) is 1. The normalized spacial score (nSPS) is 20.4. The molecule has 4 rings (SSSR count). The molecule has 0 saturated carbocycles. The molecule has 1 fully saturated rings. The van der Waals surface area contributed by atoms with Crippen LogP contribution in [0.15, 0.2) is 23.6 Å². The third-order valence-corrected chi connectivity index (χ3v) is 5.36. The Labute approximate surface area is 145 Å². The second-order valence-electron chi connectivity index (χ2n) is 6.28. The van der Waals surface area contributed by atoms with E-state index in [2.05, 4.69) is 33.8 Å². The van der Waals surface area contributed by atoms with E-state index >= 15 is 0 Å². The fraction of sp³-hybridized carbons (Fsp3) is 0.444. The number of amides is 1. The Balaban J connectivity index is 1.47. The van der Waals surface area contributed by atoms with Crippen molar-refractivity contribution in [3.8, 4) is 11.3 Å². The van der Waals surface area contributed by atoms with Crippen molar-refractivity contribution < 1.29 is 9.53 Å². The van der Waals surface area contributed by atoms with Gasteiger partial charge in [-0.1, -0.05) is 12.1 Å². The Bertz CT molecular complexity index is 738. The van der Waals surface area contributed by atoms with Crippen molar-refractivity contribution in [2.75, 3.05) is 25.0 Å². The minimum Gasteiger partial charge on any atom is -0.366 e. The number of hydrogen-bond donors (Lipinski definition) is 2. The summed E-state index contributed by atoms with van der Waals surface area (Å²) in [6.45, 7) is 1.91. The SMILES string of the molecule is O=C(Nc1nc(-c2ccc3c(c2)CCCC3)cs1)C1CNCCO1. The van der Waals surface area contributed by atoms with Gasteiger partial charge in [0, 0.05) is 24.0 Å². The number of rotatable bonds is 3. The second-order valence-corrected chi connectivity index (χ2v) is 7.14. The number of morpholine rings is 1. The standard InChI is InChI=1S/C18H21N3O2S/c22-17(16-10-19-7-8-23-16)21-18-20-15(11-24-18)14-6-5-12-3-1-2-4-13(12)9-14/h5-6,9,11,16,19H,1-4,7-8,10H2,(H,20,21,22). The molecular weight excluding hydrogens is 322 g/mol. The molecule has 126 valence electrons. The molecule has 0 bridgehead atoms. The number of anilines is 1. The maximum atomic E-state index is 12.2. The van der Waals surface area contributed by atoms with Crippen LogP contribution in [0.2, 0.25) is 0 Å². The zero-order valence-corrected chi connectivity index (χ0v) is 14.3. The van der Waals surface area contributed by atoms with Gasteiger partial charge in [0.1, 0.15) is 6.10 Å². The molecular formula is C18H21N3O2S. The number of thiazole rings is 1. The third kappa shape index (κ3) is 3.36. The summed E-state index contributed by atoms with van der Waals surface area (Å²) >= 11 is 1.46. The fourth-order valence-electron chi connectivity index (χ4n) is 3.28. The molecule has 1 amide bonds. The summed E-state index contributed by atoms with van der Waals surface area (Å²) in [6, 6.07) is 6.62. The molecule has 1 aromatic heterocycles. The van der Waals surface area contributed by atoms with Gasteiger partial charge in [-0.3, -0.25) is 10.1 Å². The van der Waals surface area contributed by atoms with E-state index < -0.39 is 6.10 Å². The summed E-state index contributed by atoms with van der Waals surface area (Å²) in [5.74, 6) is -0.131. The highest BCUT2D eigenvalue weighted by Gasteiger charge is 2.22. The van der Waals surface area contributed by atoms with Crippen LogP contribution in [0.3, 0.4) is 0 Å². The molecule has 2 heterocycles. The van der Waals surface area contributed by atoms with E-state index in [-0.39, 0.29) is 5.91 Å². The first kappa shape index (κ1) is 15.7. The minimum atomic E-state index is -0.435. The lowest BCUT2D eigenvalue weighted by atomic mass is 9.90. The van der Waals surface area contributed by atoms with E-state index in [4.69, 9.17) is 4.74 Å². The van der Waals surface area contributed by atoms with Gasteiger partial charge in [-0.15, -0.1) is 11.3 Å². The molecule has 24 heavy (non-hydrogen) atoms. The molecule has 1 atom stereocenters. The molecule has 1 aromatic carbocycles. The van der Waals surface area contributed by atoms with Crippen LogP contribution in [0, 0.1) is 0 Å². The highest BCUT2D eigenvalue weighted by Crippen LogP contribution is 2.29.